The summed E-state index contributed by atoms with van der Waals surface area (Å²) in [5.41, 5.74) is 11.1. The Labute approximate surface area is 160 Å². The van der Waals surface area contributed by atoms with Gasteiger partial charge in [0.05, 0.1) is 13.0 Å². The minimum absolute atomic E-state index is 0.110. The number of aliphatic carboxylic acids is 1. The van der Waals surface area contributed by atoms with E-state index in [1.165, 1.54) is 0 Å². The van der Waals surface area contributed by atoms with Crippen LogP contribution in [0, 0.1) is 0 Å². The summed E-state index contributed by atoms with van der Waals surface area (Å²) in [5, 5.41) is 15.5. The van der Waals surface area contributed by atoms with Crippen LogP contribution in [0.25, 0.3) is 0 Å². The second-order valence-corrected chi connectivity index (χ2v) is 5.86. The maximum Gasteiger partial charge on any atom is 0.322 e. The van der Waals surface area contributed by atoms with Crippen molar-refractivity contribution in [2.45, 2.75) is 24.9 Å². The molecule has 1 aromatic rings. The van der Waals surface area contributed by atoms with Crippen LogP contribution in [0.5, 0.6) is 0 Å². The maximum absolute atomic E-state index is 12.6. The molecular formula is C17H23N5O6. The van der Waals surface area contributed by atoms with Gasteiger partial charge in [0.15, 0.2) is 0 Å². The fourth-order valence-electron chi connectivity index (χ4n) is 2.28. The van der Waals surface area contributed by atoms with Crippen molar-refractivity contribution in [2.24, 2.45) is 11.5 Å². The van der Waals surface area contributed by atoms with E-state index in [1.807, 2.05) is 0 Å². The minimum Gasteiger partial charge on any atom is -0.480 e. The number of carboxylic acid groups (broad SMARTS) is 1. The van der Waals surface area contributed by atoms with E-state index in [0.717, 1.165) is 5.56 Å². The van der Waals surface area contributed by atoms with E-state index < -0.39 is 54.6 Å². The summed E-state index contributed by atoms with van der Waals surface area (Å²) in [4.78, 5) is 58.1. The standard InChI is InChI=1S/C17H23N5O6/c18-8-14(24)21-11(6-10-4-2-1-3-5-10)17(28)22-12(7-13(19)23)16(27)20-9-15(25)26/h1-5,11-12H,6-9,18H2,(H2,19,23)(H,20,27)(H,21,24)(H,22,28)(H,25,26). The largest absolute Gasteiger partial charge is 0.480 e. The van der Waals surface area contributed by atoms with Crippen molar-refractivity contribution in [3.05, 3.63) is 35.9 Å². The average Bonchev–Trinajstić information content (AvgIpc) is 2.65. The molecule has 0 aliphatic rings. The molecule has 0 saturated heterocycles. The van der Waals surface area contributed by atoms with E-state index in [0.29, 0.717) is 0 Å². The molecule has 2 unspecified atom stereocenters. The molecule has 0 saturated carbocycles. The van der Waals surface area contributed by atoms with Crippen molar-refractivity contribution in [1.82, 2.24) is 16.0 Å². The molecule has 1 rings (SSSR count). The molecule has 2 atom stereocenters. The van der Waals surface area contributed by atoms with Crippen LogP contribution in [0.1, 0.15) is 12.0 Å². The van der Waals surface area contributed by atoms with E-state index in [9.17, 15) is 24.0 Å². The number of primary amides is 1. The van der Waals surface area contributed by atoms with Gasteiger partial charge in [0.1, 0.15) is 18.6 Å². The normalized spacial score (nSPS) is 12.3. The molecule has 11 heteroatoms. The van der Waals surface area contributed by atoms with Crippen LogP contribution < -0.4 is 27.4 Å². The maximum atomic E-state index is 12.6. The van der Waals surface area contributed by atoms with Gasteiger partial charge in [-0.3, -0.25) is 24.0 Å². The molecule has 4 amide bonds. The summed E-state index contributed by atoms with van der Waals surface area (Å²) >= 11 is 0. The fraction of sp³-hybridized carbons (Fsp3) is 0.353. The molecule has 0 spiro atoms. The molecule has 28 heavy (non-hydrogen) atoms. The van der Waals surface area contributed by atoms with Crippen molar-refractivity contribution in [3.8, 4) is 0 Å². The van der Waals surface area contributed by atoms with Crippen LogP contribution in [0.15, 0.2) is 30.3 Å². The first kappa shape index (κ1) is 22.6. The van der Waals surface area contributed by atoms with Crippen molar-refractivity contribution in [3.63, 3.8) is 0 Å². The molecule has 8 N–H and O–H groups in total. The highest BCUT2D eigenvalue weighted by atomic mass is 16.4. The quantitative estimate of drug-likeness (QED) is 0.234. The Bertz CT molecular complexity index is 724. The summed E-state index contributed by atoms with van der Waals surface area (Å²) in [7, 11) is 0. The molecule has 0 bridgehead atoms. The van der Waals surface area contributed by atoms with Gasteiger partial charge in [-0.05, 0) is 5.56 Å². The Hall–Kier alpha value is -3.47. The van der Waals surface area contributed by atoms with Crippen molar-refractivity contribution in [1.29, 1.82) is 0 Å². The Morgan fingerprint density at radius 2 is 1.61 bits per heavy atom. The molecule has 0 heterocycles. The number of benzene rings is 1. The number of hydrogen-bond donors (Lipinski definition) is 6. The minimum atomic E-state index is -1.39. The molecule has 0 radical (unpaired) electrons. The summed E-state index contributed by atoms with van der Waals surface area (Å²) in [6.07, 6.45) is -0.432. The molecule has 0 fully saturated rings. The average molecular weight is 393 g/mol. The highest BCUT2D eigenvalue weighted by Crippen LogP contribution is 2.05. The summed E-state index contributed by atoms with van der Waals surface area (Å²) in [6.45, 7) is -1.04. The number of carboxylic acids is 1. The van der Waals surface area contributed by atoms with Crippen LogP contribution in [-0.4, -0.2) is 59.9 Å². The number of amides is 4. The van der Waals surface area contributed by atoms with Gasteiger partial charge in [0, 0.05) is 6.42 Å². The van der Waals surface area contributed by atoms with Gasteiger partial charge in [0.2, 0.25) is 23.6 Å². The van der Waals surface area contributed by atoms with E-state index in [4.69, 9.17) is 16.6 Å². The summed E-state index contributed by atoms with van der Waals surface area (Å²) < 4.78 is 0. The van der Waals surface area contributed by atoms with E-state index in [1.54, 1.807) is 30.3 Å². The Balaban J connectivity index is 2.92. The third kappa shape index (κ3) is 8.27. The number of hydrogen-bond acceptors (Lipinski definition) is 6. The van der Waals surface area contributed by atoms with Crippen LogP contribution in [0.2, 0.25) is 0 Å². The van der Waals surface area contributed by atoms with Crippen LogP contribution in [0.4, 0.5) is 0 Å². The molecular weight excluding hydrogens is 370 g/mol. The van der Waals surface area contributed by atoms with Crippen LogP contribution >= 0.6 is 0 Å². The second-order valence-electron chi connectivity index (χ2n) is 5.86. The van der Waals surface area contributed by atoms with Gasteiger partial charge in [0.25, 0.3) is 0 Å². The first-order valence-corrected chi connectivity index (χ1v) is 8.34. The predicted molar refractivity (Wildman–Crippen MR) is 97.5 cm³/mol. The Morgan fingerprint density at radius 3 is 2.14 bits per heavy atom. The topological polar surface area (TPSA) is 194 Å². The second kappa shape index (κ2) is 11.3. The summed E-state index contributed by atoms with van der Waals surface area (Å²) in [5.74, 6) is -4.39. The van der Waals surface area contributed by atoms with E-state index in [2.05, 4.69) is 16.0 Å². The number of nitrogens with one attached hydrogen (secondary N) is 3. The monoisotopic (exact) mass is 393 g/mol. The van der Waals surface area contributed by atoms with Gasteiger partial charge in [-0.25, -0.2) is 0 Å². The van der Waals surface area contributed by atoms with Gasteiger partial charge in [-0.2, -0.15) is 0 Å². The van der Waals surface area contributed by atoms with Gasteiger partial charge < -0.3 is 32.5 Å². The zero-order valence-electron chi connectivity index (χ0n) is 15.0. The predicted octanol–water partition coefficient (Wildman–Crippen LogP) is -2.77. The van der Waals surface area contributed by atoms with E-state index in [-0.39, 0.29) is 13.0 Å². The zero-order valence-corrected chi connectivity index (χ0v) is 15.0. The lowest BCUT2D eigenvalue weighted by Gasteiger charge is -2.22. The van der Waals surface area contributed by atoms with Gasteiger partial charge >= 0.3 is 5.97 Å². The van der Waals surface area contributed by atoms with Gasteiger partial charge in [-0.1, -0.05) is 30.3 Å². The molecule has 0 aliphatic heterocycles. The van der Waals surface area contributed by atoms with Crippen LogP contribution in [0.3, 0.4) is 0 Å². The number of carbonyl (C=O) groups excluding carboxylic acids is 4. The number of nitrogens with two attached hydrogens (primary N) is 2. The SMILES string of the molecule is NCC(=O)NC(Cc1ccccc1)C(=O)NC(CC(N)=O)C(=O)NCC(=O)O. The van der Waals surface area contributed by atoms with Crippen molar-refractivity contribution in [2.75, 3.05) is 13.1 Å². The first-order chi connectivity index (χ1) is 13.2. The Morgan fingerprint density at radius 1 is 0.964 bits per heavy atom. The smallest absolute Gasteiger partial charge is 0.322 e. The Kier molecular flexibility index (Phi) is 9.10. The molecule has 152 valence electrons. The zero-order chi connectivity index (χ0) is 21.1. The molecule has 0 aliphatic carbocycles. The van der Waals surface area contributed by atoms with Crippen molar-refractivity contribution < 1.29 is 29.1 Å². The van der Waals surface area contributed by atoms with Crippen molar-refractivity contribution >= 4 is 29.6 Å². The third-order valence-electron chi connectivity index (χ3n) is 3.57. The molecule has 0 aromatic heterocycles. The lowest BCUT2D eigenvalue weighted by atomic mass is 10.0. The number of rotatable bonds is 11. The molecule has 1 aromatic carbocycles. The highest BCUT2D eigenvalue weighted by molar-refractivity contribution is 5.95. The van der Waals surface area contributed by atoms with Gasteiger partial charge in [-0.15, -0.1) is 0 Å². The third-order valence-corrected chi connectivity index (χ3v) is 3.57. The fourth-order valence-corrected chi connectivity index (χ4v) is 2.28. The lowest BCUT2D eigenvalue weighted by molar-refractivity contribution is -0.138. The first-order valence-electron chi connectivity index (χ1n) is 8.34. The summed E-state index contributed by atoms with van der Waals surface area (Å²) in [6, 6.07) is 6.32. The lowest BCUT2D eigenvalue weighted by Crippen LogP contribution is -2.56. The van der Waals surface area contributed by atoms with Crippen LogP contribution in [-0.2, 0) is 30.4 Å². The number of carbonyl (C=O) groups is 5. The molecule has 11 nitrogen and oxygen atoms in total. The van der Waals surface area contributed by atoms with E-state index >= 15 is 0 Å². The highest BCUT2D eigenvalue weighted by Gasteiger charge is 2.28.